The van der Waals surface area contributed by atoms with Crippen molar-refractivity contribution in [2.45, 2.75) is 32.3 Å². The Bertz CT molecular complexity index is 638. The summed E-state index contributed by atoms with van der Waals surface area (Å²) < 4.78 is 21.1. The normalized spacial score (nSPS) is 16.3. The van der Waals surface area contributed by atoms with Crippen molar-refractivity contribution >= 4 is 5.97 Å². The quantitative estimate of drug-likeness (QED) is 0.812. The summed E-state index contributed by atoms with van der Waals surface area (Å²) in [6.45, 7) is 1.68. The van der Waals surface area contributed by atoms with E-state index >= 15 is 0 Å². The summed E-state index contributed by atoms with van der Waals surface area (Å²) >= 11 is 0. The number of nitrogens with zero attached hydrogens (tertiary/aromatic N) is 3. The fourth-order valence-electron chi connectivity index (χ4n) is 2.43. The van der Waals surface area contributed by atoms with E-state index in [9.17, 15) is 9.18 Å². The number of hydrogen-bond acceptors (Lipinski definition) is 4. The molecular weight excluding hydrogens is 273 g/mol. The molecule has 0 amide bonds. The van der Waals surface area contributed by atoms with Gasteiger partial charge in [0.05, 0.1) is 17.2 Å². The average molecular weight is 289 g/mol. The van der Waals surface area contributed by atoms with Crippen molar-refractivity contribution < 1.29 is 13.9 Å². The Balaban J connectivity index is 1.88. The second-order valence-corrected chi connectivity index (χ2v) is 5.22. The Morgan fingerprint density at radius 1 is 1.48 bits per heavy atom. The molecule has 1 aliphatic carbocycles. The van der Waals surface area contributed by atoms with Gasteiger partial charge < -0.3 is 4.74 Å². The number of carbonyl (C=O) groups is 1. The highest BCUT2D eigenvalue weighted by molar-refractivity contribution is 5.73. The van der Waals surface area contributed by atoms with E-state index < -0.39 is 11.9 Å². The zero-order chi connectivity index (χ0) is 14.8. The molecule has 0 unspecified atom stereocenters. The van der Waals surface area contributed by atoms with E-state index in [-0.39, 0.29) is 11.9 Å². The van der Waals surface area contributed by atoms with Gasteiger partial charge in [-0.2, -0.15) is 5.10 Å². The molecule has 5 nitrogen and oxygen atoms in total. The molecule has 1 aliphatic rings. The van der Waals surface area contributed by atoms with Crippen LogP contribution in [-0.4, -0.2) is 20.7 Å². The number of esters is 1. The molecule has 0 saturated heterocycles. The van der Waals surface area contributed by atoms with Crippen LogP contribution in [0.4, 0.5) is 4.39 Å². The fraction of sp³-hybridized carbons (Fsp3) is 0.400. The van der Waals surface area contributed by atoms with Gasteiger partial charge in [0, 0.05) is 0 Å². The maximum absolute atomic E-state index is 14.2. The first-order valence-corrected chi connectivity index (χ1v) is 7.00. The molecule has 1 fully saturated rings. The number of aromatic nitrogens is 3. The highest BCUT2D eigenvalue weighted by atomic mass is 19.1. The van der Waals surface area contributed by atoms with Gasteiger partial charge in [0.25, 0.3) is 0 Å². The summed E-state index contributed by atoms with van der Waals surface area (Å²) in [4.78, 5) is 15.8. The lowest BCUT2D eigenvalue weighted by molar-refractivity contribution is -0.156. The number of hydrogen-bond donors (Lipinski definition) is 0. The molecule has 1 saturated carbocycles. The van der Waals surface area contributed by atoms with Crippen molar-refractivity contribution in [1.82, 2.24) is 14.8 Å². The highest BCUT2D eigenvalue weighted by Gasteiger charge is 2.29. The Kier molecular flexibility index (Phi) is 3.68. The molecule has 0 bridgehead atoms. The maximum Gasteiger partial charge on any atom is 0.309 e. The van der Waals surface area contributed by atoms with Gasteiger partial charge >= 0.3 is 5.97 Å². The predicted octanol–water partition coefficient (Wildman–Crippen LogP) is 2.81. The maximum atomic E-state index is 14.2. The van der Waals surface area contributed by atoms with Gasteiger partial charge in [-0.15, -0.1) is 0 Å². The summed E-state index contributed by atoms with van der Waals surface area (Å²) in [5, 5.41) is 4.01. The molecule has 0 radical (unpaired) electrons. The van der Waals surface area contributed by atoms with Gasteiger partial charge in [-0.25, -0.2) is 14.1 Å². The number of rotatable bonds is 4. The fourth-order valence-corrected chi connectivity index (χ4v) is 2.43. The van der Waals surface area contributed by atoms with E-state index in [1.54, 1.807) is 19.1 Å². The van der Waals surface area contributed by atoms with Crippen LogP contribution in [0.3, 0.4) is 0 Å². The Hall–Kier alpha value is -2.24. The summed E-state index contributed by atoms with van der Waals surface area (Å²) in [7, 11) is 0. The van der Waals surface area contributed by atoms with Crippen molar-refractivity contribution in [1.29, 1.82) is 0 Å². The number of ether oxygens (including phenoxy) is 1. The zero-order valence-corrected chi connectivity index (χ0v) is 11.7. The summed E-state index contributed by atoms with van der Waals surface area (Å²) in [6.07, 6.45) is 4.96. The molecule has 1 heterocycles. The lowest BCUT2D eigenvalue weighted by atomic mass is 9.85. The van der Waals surface area contributed by atoms with Crippen LogP contribution in [0, 0.1) is 11.7 Å². The van der Waals surface area contributed by atoms with Crippen LogP contribution in [0.5, 0.6) is 0 Å². The third kappa shape index (κ3) is 2.66. The zero-order valence-electron chi connectivity index (χ0n) is 11.7. The number of carbonyl (C=O) groups excluding carboxylic acids is 1. The van der Waals surface area contributed by atoms with Crippen LogP contribution in [0.15, 0.2) is 30.9 Å². The van der Waals surface area contributed by atoms with Gasteiger partial charge in [0.15, 0.2) is 0 Å². The van der Waals surface area contributed by atoms with Crippen molar-refractivity contribution in [3.63, 3.8) is 0 Å². The van der Waals surface area contributed by atoms with E-state index in [0.717, 1.165) is 19.3 Å². The summed E-state index contributed by atoms with van der Waals surface area (Å²) in [5.74, 6) is -0.701. The molecule has 1 aromatic carbocycles. The molecule has 6 heteroatoms. The van der Waals surface area contributed by atoms with Gasteiger partial charge in [0.1, 0.15) is 24.6 Å². The highest BCUT2D eigenvalue weighted by Crippen LogP contribution is 2.32. The van der Waals surface area contributed by atoms with Gasteiger partial charge in [0.2, 0.25) is 0 Å². The second-order valence-electron chi connectivity index (χ2n) is 5.22. The van der Waals surface area contributed by atoms with Crippen molar-refractivity contribution in [2.75, 3.05) is 0 Å². The van der Waals surface area contributed by atoms with Crippen molar-refractivity contribution in [2.24, 2.45) is 5.92 Å². The first-order valence-electron chi connectivity index (χ1n) is 7.00. The number of halogens is 1. The lowest BCUT2D eigenvalue weighted by Gasteiger charge is -2.26. The largest absolute Gasteiger partial charge is 0.457 e. The smallest absolute Gasteiger partial charge is 0.309 e. The molecule has 1 atom stereocenters. The topological polar surface area (TPSA) is 57.0 Å². The van der Waals surface area contributed by atoms with Crippen LogP contribution in [-0.2, 0) is 9.53 Å². The molecule has 0 spiro atoms. The molecule has 110 valence electrons. The minimum absolute atomic E-state index is 0.0333. The molecule has 3 rings (SSSR count). The molecule has 0 N–H and O–H groups in total. The minimum Gasteiger partial charge on any atom is -0.457 e. The summed E-state index contributed by atoms with van der Waals surface area (Å²) in [6, 6.07) is 4.67. The SMILES string of the molecule is C[C@@H](OC(=O)C1CCC1)c1c(F)cccc1-n1cncn1. The monoisotopic (exact) mass is 289 g/mol. The Morgan fingerprint density at radius 2 is 2.29 bits per heavy atom. The lowest BCUT2D eigenvalue weighted by Crippen LogP contribution is -2.25. The number of benzene rings is 1. The van der Waals surface area contributed by atoms with Crippen LogP contribution < -0.4 is 0 Å². The van der Waals surface area contributed by atoms with E-state index in [0.29, 0.717) is 11.3 Å². The summed E-state index contributed by atoms with van der Waals surface area (Å²) in [5.41, 5.74) is 0.845. The molecule has 0 aliphatic heterocycles. The van der Waals surface area contributed by atoms with Gasteiger partial charge in [-0.05, 0) is 31.9 Å². The third-order valence-corrected chi connectivity index (χ3v) is 3.83. The molecular formula is C15H16FN3O2. The third-order valence-electron chi connectivity index (χ3n) is 3.83. The van der Waals surface area contributed by atoms with E-state index in [2.05, 4.69) is 10.1 Å². The average Bonchev–Trinajstić information content (AvgIpc) is 2.89. The van der Waals surface area contributed by atoms with Crippen molar-refractivity contribution in [3.05, 3.63) is 42.2 Å². The minimum atomic E-state index is -0.668. The van der Waals surface area contributed by atoms with E-state index in [4.69, 9.17) is 4.74 Å². The van der Waals surface area contributed by atoms with Gasteiger partial charge in [-0.3, -0.25) is 4.79 Å². The van der Waals surface area contributed by atoms with Crippen LogP contribution in [0.2, 0.25) is 0 Å². The standard InChI is InChI=1S/C15H16FN3O2/c1-10(21-15(20)11-4-2-5-11)14-12(16)6-3-7-13(14)19-9-17-8-18-19/h3,6-11H,2,4-5H2,1H3/t10-/m1/s1. The first-order chi connectivity index (χ1) is 10.2. The van der Waals surface area contributed by atoms with Gasteiger partial charge in [-0.1, -0.05) is 12.5 Å². The Labute approximate surface area is 121 Å². The first kappa shape index (κ1) is 13.7. The van der Waals surface area contributed by atoms with E-state index in [1.807, 2.05) is 0 Å². The molecule has 21 heavy (non-hydrogen) atoms. The van der Waals surface area contributed by atoms with Crippen LogP contribution in [0.25, 0.3) is 5.69 Å². The molecule has 2 aromatic rings. The van der Waals surface area contributed by atoms with Crippen LogP contribution in [0.1, 0.15) is 37.9 Å². The van der Waals surface area contributed by atoms with E-state index in [1.165, 1.54) is 23.4 Å². The second kappa shape index (κ2) is 5.63. The Morgan fingerprint density at radius 3 is 2.90 bits per heavy atom. The predicted molar refractivity (Wildman–Crippen MR) is 73.2 cm³/mol. The van der Waals surface area contributed by atoms with Crippen LogP contribution >= 0.6 is 0 Å². The van der Waals surface area contributed by atoms with Crippen molar-refractivity contribution in [3.8, 4) is 5.69 Å². The molecule has 1 aromatic heterocycles.